The molecule has 1 N–H and O–H groups in total. The van der Waals surface area contributed by atoms with Crippen molar-refractivity contribution in [2.24, 2.45) is 5.92 Å². The summed E-state index contributed by atoms with van der Waals surface area (Å²) in [6.45, 7) is 3.41. The molecule has 2 aromatic rings. The highest BCUT2D eigenvalue weighted by atomic mass is 19.3. The van der Waals surface area contributed by atoms with E-state index < -0.39 is 53.4 Å². The molecule has 0 spiro atoms. The number of benzene rings is 1. The van der Waals surface area contributed by atoms with Crippen LogP contribution in [0, 0.1) is 17.6 Å². The number of carbonyl (C=O) groups excluding carboxylic acids is 2. The molecule has 1 aromatic heterocycles. The second kappa shape index (κ2) is 9.46. The van der Waals surface area contributed by atoms with Crippen molar-refractivity contribution in [1.82, 2.24) is 4.98 Å². The molecule has 10 heteroatoms. The Morgan fingerprint density at radius 2 is 1.94 bits per heavy atom. The van der Waals surface area contributed by atoms with Gasteiger partial charge in [-0.2, -0.15) is 13.2 Å². The van der Waals surface area contributed by atoms with Crippen molar-refractivity contribution in [1.29, 1.82) is 0 Å². The molecule has 1 aliphatic heterocycles. The number of hydrogen-bond acceptors (Lipinski definition) is 5. The van der Waals surface area contributed by atoms with Crippen LogP contribution in [0.15, 0.2) is 30.5 Å². The van der Waals surface area contributed by atoms with E-state index in [4.69, 9.17) is 4.74 Å². The van der Waals surface area contributed by atoms with E-state index in [1.165, 1.54) is 18.3 Å². The number of rotatable bonds is 7. The summed E-state index contributed by atoms with van der Waals surface area (Å²) in [5, 5.41) is 2.63. The minimum absolute atomic E-state index is 0.107. The minimum atomic E-state index is -3.40. The normalized spacial score (nSPS) is 21.8. The van der Waals surface area contributed by atoms with Crippen molar-refractivity contribution in [2.45, 2.75) is 58.4 Å². The Bertz CT molecular complexity index is 1060. The van der Waals surface area contributed by atoms with E-state index in [-0.39, 0.29) is 29.1 Å². The van der Waals surface area contributed by atoms with Gasteiger partial charge in [0.1, 0.15) is 11.8 Å². The molecule has 1 aromatic carbocycles. The number of aromatic nitrogens is 1. The molecule has 1 aliphatic rings. The van der Waals surface area contributed by atoms with Crippen LogP contribution in [0.25, 0.3) is 0 Å². The van der Waals surface area contributed by atoms with Gasteiger partial charge in [0.25, 0.3) is 5.91 Å². The number of ketones is 1. The van der Waals surface area contributed by atoms with Crippen molar-refractivity contribution in [3.63, 3.8) is 0 Å². The van der Waals surface area contributed by atoms with E-state index in [0.717, 1.165) is 12.1 Å². The molecule has 3 rings (SSSR count). The maximum Gasteiger partial charge on any atom is 0.387 e. The fraction of sp³-hybridized carbons (Fsp3) is 0.435. The number of nitrogens with zero attached hydrogens (tertiary/aromatic N) is 1. The summed E-state index contributed by atoms with van der Waals surface area (Å²) in [6, 6.07) is 4.80. The zero-order valence-electron chi connectivity index (χ0n) is 18.5. The summed E-state index contributed by atoms with van der Waals surface area (Å²) >= 11 is 0. The van der Waals surface area contributed by atoms with Gasteiger partial charge in [-0.25, -0.2) is 4.39 Å². The zero-order valence-corrected chi connectivity index (χ0v) is 18.5. The molecule has 1 fully saturated rings. The number of Topliss-reactive ketones (excluding diaryl/α,β-unsaturated/α-hetero) is 1. The van der Waals surface area contributed by atoms with Gasteiger partial charge in [-0.3, -0.25) is 14.6 Å². The molecular weight excluding hydrogens is 444 g/mol. The number of amides is 1. The molecule has 178 valence electrons. The summed E-state index contributed by atoms with van der Waals surface area (Å²) in [5.41, 5.74) is -0.563. The van der Waals surface area contributed by atoms with Crippen LogP contribution in [0.4, 0.5) is 23.2 Å². The first kappa shape index (κ1) is 24.6. The van der Waals surface area contributed by atoms with Crippen LogP contribution in [-0.2, 0) is 9.53 Å². The van der Waals surface area contributed by atoms with Crippen LogP contribution in [0.1, 0.15) is 56.1 Å². The molecule has 0 saturated carbocycles. The largest absolute Gasteiger partial charge is 0.431 e. The molecule has 0 unspecified atom stereocenters. The van der Waals surface area contributed by atoms with Crippen molar-refractivity contribution < 1.29 is 36.6 Å². The Kier molecular flexibility index (Phi) is 7.06. The SMILES string of the molecule is CCC(=O)c1cc(NC(=O)[C@H]2OC(C)(C)[C@@H](C)[C@H]2c2ccc(F)c(F)c2OC(F)F)ccn1. The molecule has 1 amide bonds. The van der Waals surface area contributed by atoms with E-state index in [0.29, 0.717) is 0 Å². The lowest BCUT2D eigenvalue weighted by atomic mass is 9.78. The third kappa shape index (κ3) is 5.00. The second-order valence-electron chi connectivity index (χ2n) is 8.31. The Morgan fingerprint density at radius 3 is 2.58 bits per heavy atom. The topological polar surface area (TPSA) is 77.5 Å². The summed E-state index contributed by atoms with van der Waals surface area (Å²) in [7, 11) is 0. The molecule has 0 bridgehead atoms. The molecule has 3 atom stereocenters. The van der Waals surface area contributed by atoms with Crippen LogP contribution >= 0.6 is 0 Å². The highest BCUT2D eigenvalue weighted by Crippen LogP contribution is 2.49. The Hall–Kier alpha value is -3.01. The molecule has 1 saturated heterocycles. The van der Waals surface area contributed by atoms with E-state index in [1.54, 1.807) is 27.7 Å². The molecular formula is C23H24F4N2O4. The maximum atomic E-state index is 14.4. The predicted octanol–water partition coefficient (Wildman–Crippen LogP) is 5.09. The maximum absolute atomic E-state index is 14.4. The zero-order chi connectivity index (χ0) is 24.5. The van der Waals surface area contributed by atoms with Crippen molar-refractivity contribution in [3.8, 4) is 5.75 Å². The van der Waals surface area contributed by atoms with E-state index >= 15 is 0 Å². The van der Waals surface area contributed by atoms with Gasteiger partial charge in [-0.05, 0) is 38.0 Å². The lowest BCUT2D eigenvalue weighted by Gasteiger charge is -2.26. The summed E-state index contributed by atoms with van der Waals surface area (Å²) in [4.78, 5) is 29.1. The first-order valence-corrected chi connectivity index (χ1v) is 10.4. The van der Waals surface area contributed by atoms with Gasteiger partial charge in [-0.1, -0.05) is 19.9 Å². The first-order chi connectivity index (χ1) is 15.5. The van der Waals surface area contributed by atoms with E-state index in [2.05, 4.69) is 15.0 Å². The van der Waals surface area contributed by atoms with E-state index in [1.807, 2.05) is 0 Å². The number of hydrogen-bond donors (Lipinski definition) is 1. The number of halogens is 4. The molecule has 33 heavy (non-hydrogen) atoms. The molecule has 2 heterocycles. The molecule has 0 aliphatic carbocycles. The van der Waals surface area contributed by atoms with Crippen LogP contribution < -0.4 is 10.1 Å². The van der Waals surface area contributed by atoms with Crippen molar-refractivity contribution in [3.05, 3.63) is 53.4 Å². The van der Waals surface area contributed by atoms with Crippen LogP contribution in [0.5, 0.6) is 5.75 Å². The standard InChI is InChI=1S/C23H24F4N2O4/c1-5-16(30)15-10-12(8-9-28-15)29-21(31)20-17(11(2)23(3,4)33-20)13-6-7-14(24)18(25)19(13)32-22(26)27/h6-11,17,20,22H,5H2,1-4H3,(H,28,29,31)/t11-,17-,20-/m0/s1. The third-order valence-electron chi connectivity index (χ3n) is 5.93. The van der Waals surface area contributed by atoms with Gasteiger partial charge in [0.15, 0.2) is 17.3 Å². The van der Waals surface area contributed by atoms with Crippen LogP contribution in [-0.4, -0.2) is 35.0 Å². The number of anilines is 1. The lowest BCUT2D eigenvalue weighted by Crippen LogP contribution is -2.33. The van der Waals surface area contributed by atoms with Crippen LogP contribution in [0.2, 0.25) is 0 Å². The quantitative estimate of drug-likeness (QED) is 0.453. The van der Waals surface area contributed by atoms with Crippen LogP contribution in [0.3, 0.4) is 0 Å². The fourth-order valence-electron chi connectivity index (χ4n) is 3.93. The summed E-state index contributed by atoms with van der Waals surface area (Å²) in [5.74, 6) is -6.14. The number of carbonyl (C=O) groups is 2. The van der Waals surface area contributed by atoms with E-state index in [9.17, 15) is 27.2 Å². The van der Waals surface area contributed by atoms with Gasteiger partial charge in [-0.15, -0.1) is 0 Å². The van der Waals surface area contributed by atoms with Gasteiger partial charge in [0, 0.05) is 29.8 Å². The molecule has 0 radical (unpaired) electrons. The first-order valence-electron chi connectivity index (χ1n) is 10.4. The number of nitrogens with one attached hydrogen (secondary N) is 1. The van der Waals surface area contributed by atoms with Gasteiger partial charge < -0.3 is 14.8 Å². The lowest BCUT2D eigenvalue weighted by molar-refractivity contribution is -0.131. The summed E-state index contributed by atoms with van der Waals surface area (Å²) < 4.78 is 64.4. The Morgan fingerprint density at radius 1 is 1.24 bits per heavy atom. The minimum Gasteiger partial charge on any atom is -0.431 e. The average molecular weight is 468 g/mol. The monoisotopic (exact) mass is 468 g/mol. The van der Waals surface area contributed by atoms with Crippen molar-refractivity contribution in [2.75, 3.05) is 5.32 Å². The Labute approximate surface area is 188 Å². The second-order valence-corrected chi connectivity index (χ2v) is 8.31. The predicted molar refractivity (Wildman–Crippen MR) is 111 cm³/mol. The van der Waals surface area contributed by atoms with Gasteiger partial charge in [0.05, 0.1) is 5.60 Å². The number of pyridine rings is 1. The highest BCUT2D eigenvalue weighted by molar-refractivity contribution is 5.98. The highest BCUT2D eigenvalue weighted by Gasteiger charge is 2.51. The van der Waals surface area contributed by atoms with Gasteiger partial charge in [0.2, 0.25) is 5.82 Å². The number of ether oxygens (including phenoxy) is 2. The van der Waals surface area contributed by atoms with Gasteiger partial charge >= 0.3 is 6.61 Å². The Balaban J connectivity index is 1.99. The fourth-order valence-corrected chi connectivity index (χ4v) is 3.93. The summed E-state index contributed by atoms with van der Waals surface area (Å²) in [6.07, 6.45) is 0.355. The smallest absolute Gasteiger partial charge is 0.387 e. The van der Waals surface area contributed by atoms with Crippen molar-refractivity contribution >= 4 is 17.4 Å². The number of alkyl halides is 2. The third-order valence-corrected chi connectivity index (χ3v) is 5.93. The average Bonchev–Trinajstić information content (AvgIpc) is 3.00. The molecule has 6 nitrogen and oxygen atoms in total.